The number of alkyl halides is 2. The summed E-state index contributed by atoms with van der Waals surface area (Å²) in [4.78, 5) is 12.8. The summed E-state index contributed by atoms with van der Waals surface area (Å²) in [6, 6.07) is 6.70. The number of carbonyl (C=O) groups is 1. The van der Waals surface area contributed by atoms with Gasteiger partial charge in [0.2, 0.25) is 0 Å². The predicted octanol–water partition coefficient (Wildman–Crippen LogP) is 4.56. The summed E-state index contributed by atoms with van der Waals surface area (Å²) in [5.41, 5.74) is 0.350. The molecule has 120 valence electrons. The topological polar surface area (TPSA) is 29.1 Å². The molecule has 0 unspecified atom stereocenters. The zero-order valence-corrected chi connectivity index (χ0v) is 13.4. The Morgan fingerprint density at radius 2 is 2.05 bits per heavy atom. The van der Waals surface area contributed by atoms with E-state index in [1.807, 2.05) is 6.92 Å². The second-order valence-corrected chi connectivity index (χ2v) is 7.51. The average Bonchev–Trinajstić information content (AvgIpc) is 3.09. The number of hydrogen-bond acceptors (Lipinski definition) is 2. The van der Waals surface area contributed by atoms with Crippen LogP contribution in [-0.2, 0) is 0 Å². The summed E-state index contributed by atoms with van der Waals surface area (Å²) in [7, 11) is 0. The van der Waals surface area contributed by atoms with Gasteiger partial charge in [-0.2, -0.15) is 8.78 Å². The molecule has 1 aromatic rings. The van der Waals surface area contributed by atoms with Crippen LogP contribution in [0.5, 0.6) is 0 Å². The highest BCUT2D eigenvalue weighted by atomic mass is 32.2. The fraction of sp³-hybridized carbons (Fsp3) is 0.588. The monoisotopic (exact) mass is 325 g/mol. The van der Waals surface area contributed by atoms with Gasteiger partial charge in [-0.25, -0.2) is 0 Å². The van der Waals surface area contributed by atoms with Gasteiger partial charge in [-0.15, -0.1) is 0 Å². The zero-order valence-electron chi connectivity index (χ0n) is 12.6. The number of amides is 1. The molecule has 1 amide bonds. The summed E-state index contributed by atoms with van der Waals surface area (Å²) >= 11 is 0.431. The minimum Gasteiger partial charge on any atom is -0.349 e. The van der Waals surface area contributed by atoms with Crippen LogP contribution in [0.3, 0.4) is 0 Å². The highest BCUT2D eigenvalue weighted by Crippen LogP contribution is 2.49. The molecule has 4 atom stereocenters. The van der Waals surface area contributed by atoms with Crippen LogP contribution in [0, 0.1) is 17.8 Å². The van der Waals surface area contributed by atoms with E-state index in [0.717, 1.165) is 11.8 Å². The largest absolute Gasteiger partial charge is 0.349 e. The third-order valence-corrected chi connectivity index (χ3v) is 5.93. The molecule has 0 aliphatic heterocycles. The molecule has 2 nitrogen and oxygen atoms in total. The molecule has 5 heteroatoms. The molecule has 2 aliphatic carbocycles. The number of thioether (sulfide) groups is 1. The van der Waals surface area contributed by atoms with Crippen molar-refractivity contribution in [3.8, 4) is 0 Å². The molecule has 2 saturated carbocycles. The molecular formula is C17H21F2NOS. The Hall–Kier alpha value is -1.10. The first-order valence-corrected chi connectivity index (χ1v) is 8.77. The molecule has 1 aromatic carbocycles. The Kier molecular flexibility index (Phi) is 4.71. The standard InChI is InChI=1S/C17H21F2NOS/c1-10(14-9-11-6-7-12(14)8-11)20-16(21)13-4-2-3-5-15(13)22-17(18)19/h2-5,10-12,14,17H,6-9H2,1H3,(H,20,21)/t10-,11+,12+,14-/m1/s1. The zero-order chi connectivity index (χ0) is 15.7. The number of fused-ring (bicyclic) bond motifs is 2. The number of benzene rings is 1. The summed E-state index contributed by atoms with van der Waals surface area (Å²) in [5.74, 6) is -0.657. The molecule has 3 rings (SSSR count). The summed E-state index contributed by atoms with van der Waals surface area (Å²) in [6.45, 7) is 2.05. The van der Waals surface area contributed by atoms with E-state index in [1.165, 1.54) is 25.7 Å². The van der Waals surface area contributed by atoms with Gasteiger partial charge >= 0.3 is 0 Å². The first-order chi connectivity index (χ1) is 10.5. The van der Waals surface area contributed by atoms with Crippen LogP contribution in [0.15, 0.2) is 29.2 Å². The van der Waals surface area contributed by atoms with Gasteiger partial charge in [0.15, 0.2) is 0 Å². The lowest BCUT2D eigenvalue weighted by molar-refractivity contribution is 0.0912. The Bertz CT molecular complexity index is 551. The second kappa shape index (κ2) is 6.57. The number of rotatable bonds is 5. The van der Waals surface area contributed by atoms with Crippen molar-refractivity contribution < 1.29 is 13.6 Å². The van der Waals surface area contributed by atoms with E-state index < -0.39 is 5.76 Å². The lowest BCUT2D eigenvalue weighted by Gasteiger charge is -2.28. The SMILES string of the molecule is C[C@@H](NC(=O)c1ccccc1SC(F)F)[C@H]1C[C@H]2CC[C@H]1C2. The molecule has 2 bridgehead atoms. The normalized spacial score (nSPS) is 28.1. The van der Waals surface area contributed by atoms with Gasteiger partial charge in [0.25, 0.3) is 11.7 Å². The molecule has 22 heavy (non-hydrogen) atoms. The highest BCUT2D eigenvalue weighted by molar-refractivity contribution is 7.99. The number of nitrogens with one attached hydrogen (secondary N) is 1. The number of hydrogen-bond donors (Lipinski definition) is 1. The van der Waals surface area contributed by atoms with Crippen molar-refractivity contribution in [2.45, 2.75) is 49.3 Å². The lowest BCUT2D eigenvalue weighted by atomic mass is 9.84. The molecule has 1 N–H and O–H groups in total. The Morgan fingerprint density at radius 1 is 1.27 bits per heavy atom. The van der Waals surface area contributed by atoms with E-state index in [4.69, 9.17) is 0 Å². The van der Waals surface area contributed by atoms with Crippen molar-refractivity contribution in [3.63, 3.8) is 0 Å². The van der Waals surface area contributed by atoms with E-state index in [1.54, 1.807) is 24.3 Å². The van der Waals surface area contributed by atoms with Gasteiger partial charge in [0.1, 0.15) is 0 Å². The fourth-order valence-electron chi connectivity index (χ4n) is 4.15. The van der Waals surface area contributed by atoms with Gasteiger partial charge in [0.05, 0.1) is 5.56 Å². The average molecular weight is 325 g/mol. The Morgan fingerprint density at radius 3 is 2.68 bits per heavy atom. The van der Waals surface area contributed by atoms with Crippen molar-refractivity contribution in [1.29, 1.82) is 0 Å². The molecule has 0 heterocycles. The number of carbonyl (C=O) groups excluding carboxylic acids is 1. The first kappa shape index (κ1) is 15.8. The van der Waals surface area contributed by atoms with E-state index in [-0.39, 0.29) is 11.9 Å². The van der Waals surface area contributed by atoms with Gasteiger partial charge in [-0.3, -0.25) is 4.79 Å². The van der Waals surface area contributed by atoms with Crippen molar-refractivity contribution >= 4 is 17.7 Å². The van der Waals surface area contributed by atoms with Crippen molar-refractivity contribution in [2.24, 2.45) is 17.8 Å². The molecule has 0 radical (unpaired) electrons. The van der Waals surface area contributed by atoms with Crippen LogP contribution in [0.2, 0.25) is 0 Å². The van der Waals surface area contributed by atoms with Crippen LogP contribution in [-0.4, -0.2) is 17.7 Å². The van der Waals surface area contributed by atoms with Crippen LogP contribution in [0.4, 0.5) is 8.78 Å². The van der Waals surface area contributed by atoms with E-state index in [9.17, 15) is 13.6 Å². The maximum Gasteiger partial charge on any atom is 0.288 e. The molecule has 0 saturated heterocycles. The Balaban J connectivity index is 1.67. The number of halogens is 2. The predicted molar refractivity (Wildman–Crippen MR) is 84.2 cm³/mol. The molecule has 2 fully saturated rings. The van der Waals surface area contributed by atoms with Gasteiger partial charge in [0, 0.05) is 10.9 Å². The van der Waals surface area contributed by atoms with Crippen LogP contribution < -0.4 is 5.32 Å². The van der Waals surface area contributed by atoms with E-state index in [2.05, 4.69) is 5.32 Å². The fourth-order valence-corrected chi connectivity index (χ4v) is 4.79. The third kappa shape index (κ3) is 3.29. The quantitative estimate of drug-likeness (QED) is 0.804. The highest BCUT2D eigenvalue weighted by Gasteiger charge is 2.42. The summed E-state index contributed by atoms with van der Waals surface area (Å²) in [6.07, 6.45) is 5.09. The third-order valence-electron chi connectivity index (χ3n) is 5.14. The van der Waals surface area contributed by atoms with Crippen LogP contribution in [0.1, 0.15) is 43.0 Å². The van der Waals surface area contributed by atoms with E-state index in [0.29, 0.717) is 28.1 Å². The van der Waals surface area contributed by atoms with Gasteiger partial charge < -0.3 is 5.32 Å². The summed E-state index contributed by atoms with van der Waals surface area (Å²) < 4.78 is 25.2. The van der Waals surface area contributed by atoms with E-state index >= 15 is 0 Å². The maximum atomic E-state index is 12.6. The van der Waals surface area contributed by atoms with Crippen LogP contribution >= 0.6 is 11.8 Å². The lowest BCUT2D eigenvalue weighted by Crippen LogP contribution is -2.40. The Labute approximate surface area is 134 Å². The smallest absolute Gasteiger partial charge is 0.288 e. The first-order valence-electron chi connectivity index (χ1n) is 7.89. The summed E-state index contributed by atoms with van der Waals surface area (Å²) in [5, 5.41) is 3.04. The van der Waals surface area contributed by atoms with Crippen molar-refractivity contribution in [2.75, 3.05) is 0 Å². The minimum atomic E-state index is -2.52. The maximum absolute atomic E-state index is 12.6. The minimum absolute atomic E-state index is 0.104. The van der Waals surface area contributed by atoms with Gasteiger partial charge in [-0.05, 0) is 56.1 Å². The molecular weight excluding hydrogens is 304 g/mol. The van der Waals surface area contributed by atoms with Gasteiger partial charge in [-0.1, -0.05) is 30.3 Å². The molecule has 0 spiro atoms. The van der Waals surface area contributed by atoms with Crippen molar-refractivity contribution in [1.82, 2.24) is 5.32 Å². The van der Waals surface area contributed by atoms with Crippen molar-refractivity contribution in [3.05, 3.63) is 29.8 Å². The molecule has 0 aromatic heterocycles. The molecule has 2 aliphatic rings. The second-order valence-electron chi connectivity index (χ2n) is 6.48. The van der Waals surface area contributed by atoms with Crippen LogP contribution in [0.25, 0.3) is 0 Å².